The lowest BCUT2D eigenvalue weighted by atomic mass is 10.2. The van der Waals surface area contributed by atoms with Gasteiger partial charge < -0.3 is 15.2 Å². The van der Waals surface area contributed by atoms with E-state index < -0.39 is 11.8 Å². The molecule has 0 atom stereocenters. The zero-order valence-corrected chi connectivity index (χ0v) is 12.8. The Labute approximate surface area is 129 Å². The van der Waals surface area contributed by atoms with Gasteiger partial charge in [0.25, 0.3) is 0 Å². The third-order valence-electron chi connectivity index (χ3n) is 2.84. The van der Waals surface area contributed by atoms with E-state index in [9.17, 15) is 9.18 Å². The minimum Gasteiger partial charge on any atom is -0.496 e. The highest BCUT2D eigenvalue weighted by molar-refractivity contribution is 9.10. The maximum absolute atomic E-state index is 13.2. The Balaban J connectivity index is 2.14. The molecule has 6 heteroatoms. The molecule has 2 aromatic carbocycles. The number of benzene rings is 2. The van der Waals surface area contributed by atoms with Crippen LogP contribution in [-0.2, 0) is 11.3 Å². The summed E-state index contributed by atoms with van der Waals surface area (Å²) in [5.74, 6) is -0.636. The van der Waals surface area contributed by atoms with E-state index in [2.05, 4.69) is 15.9 Å². The Bertz CT molecular complexity index is 676. The molecule has 21 heavy (non-hydrogen) atoms. The number of anilines is 1. The molecule has 0 bridgehead atoms. The quantitative estimate of drug-likeness (QED) is 0.674. The SMILES string of the molecule is COc1ccc(Br)cc1COC(=O)c1cc(F)ccc1N. The van der Waals surface area contributed by atoms with Crippen LogP contribution in [0.5, 0.6) is 5.75 Å². The van der Waals surface area contributed by atoms with E-state index in [4.69, 9.17) is 15.2 Å². The molecule has 0 fully saturated rings. The van der Waals surface area contributed by atoms with Crippen LogP contribution in [-0.4, -0.2) is 13.1 Å². The van der Waals surface area contributed by atoms with E-state index in [1.807, 2.05) is 6.07 Å². The summed E-state index contributed by atoms with van der Waals surface area (Å²) in [6, 6.07) is 8.91. The fourth-order valence-corrected chi connectivity index (χ4v) is 2.19. The van der Waals surface area contributed by atoms with Crippen molar-refractivity contribution in [2.24, 2.45) is 0 Å². The molecule has 0 unspecified atom stereocenters. The van der Waals surface area contributed by atoms with Gasteiger partial charge in [0, 0.05) is 15.7 Å². The molecule has 0 aliphatic rings. The van der Waals surface area contributed by atoms with Crippen molar-refractivity contribution >= 4 is 27.6 Å². The summed E-state index contributed by atoms with van der Waals surface area (Å²) in [6.07, 6.45) is 0. The fourth-order valence-electron chi connectivity index (χ4n) is 1.79. The lowest BCUT2D eigenvalue weighted by molar-refractivity contribution is 0.0471. The molecule has 0 spiro atoms. The Morgan fingerprint density at radius 1 is 1.29 bits per heavy atom. The van der Waals surface area contributed by atoms with E-state index in [0.29, 0.717) is 11.3 Å². The van der Waals surface area contributed by atoms with Crippen LogP contribution in [0.3, 0.4) is 0 Å². The Hall–Kier alpha value is -2.08. The molecule has 0 saturated carbocycles. The van der Waals surface area contributed by atoms with E-state index in [-0.39, 0.29) is 17.9 Å². The first-order valence-electron chi connectivity index (χ1n) is 6.06. The van der Waals surface area contributed by atoms with Gasteiger partial charge in [-0.05, 0) is 36.4 Å². The Morgan fingerprint density at radius 3 is 2.76 bits per heavy atom. The van der Waals surface area contributed by atoms with Gasteiger partial charge >= 0.3 is 5.97 Å². The molecular formula is C15H13BrFNO3. The second kappa shape index (κ2) is 6.58. The molecule has 4 nitrogen and oxygen atoms in total. The smallest absolute Gasteiger partial charge is 0.340 e. The highest BCUT2D eigenvalue weighted by Gasteiger charge is 2.14. The Kier molecular flexibility index (Phi) is 4.80. The van der Waals surface area contributed by atoms with Crippen molar-refractivity contribution in [3.05, 3.63) is 57.8 Å². The molecule has 2 N–H and O–H groups in total. The number of halogens is 2. The van der Waals surface area contributed by atoms with Crippen LogP contribution in [0.25, 0.3) is 0 Å². The molecular weight excluding hydrogens is 341 g/mol. The first-order chi connectivity index (χ1) is 10.0. The van der Waals surface area contributed by atoms with E-state index in [0.717, 1.165) is 10.5 Å². The number of rotatable bonds is 4. The number of methoxy groups -OCH3 is 1. The molecule has 0 aromatic heterocycles. The topological polar surface area (TPSA) is 61.5 Å². The summed E-state index contributed by atoms with van der Waals surface area (Å²) in [5.41, 5.74) is 6.50. The first kappa shape index (κ1) is 15.3. The van der Waals surface area contributed by atoms with Gasteiger partial charge in [-0.2, -0.15) is 0 Å². The number of carbonyl (C=O) groups excluding carboxylic acids is 1. The molecule has 0 amide bonds. The summed E-state index contributed by atoms with van der Waals surface area (Å²) in [5, 5.41) is 0. The van der Waals surface area contributed by atoms with Crippen molar-refractivity contribution < 1.29 is 18.7 Å². The van der Waals surface area contributed by atoms with Gasteiger partial charge in [-0.1, -0.05) is 15.9 Å². The molecule has 0 aliphatic carbocycles. The van der Waals surface area contributed by atoms with Gasteiger partial charge in [0.05, 0.1) is 12.7 Å². The minimum absolute atomic E-state index is 0.00258. The van der Waals surface area contributed by atoms with Crippen molar-refractivity contribution in [2.75, 3.05) is 12.8 Å². The van der Waals surface area contributed by atoms with Gasteiger partial charge in [-0.3, -0.25) is 0 Å². The van der Waals surface area contributed by atoms with Crippen LogP contribution in [0, 0.1) is 5.82 Å². The van der Waals surface area contributed by atoms with Crippen molar-refractivity contribution in [1.29, 1.82) is 0 Å². The summed E-state index contributed by atoms with van der Waals surface area (Å²) < 4.78 is 24.3. The average molecular weight is 354 g/mol. The number of esters is 1. The van der Waals surface area contributed by atoms with Crippen molar-refractivity contribution in [2.45, 2.75) is 6.61 Å². The van der Waals surface area contributed by atoms with Crippen LogP contribution in [0.2, 0.25) is 0 Å². The number of carbonyl (C=O) groups is 1. The number of hydrogen-bond donors (Lipinski definition) is 1. The van der Waals surface area contributed by atoms with Gasteiger partial charge in [-0.15, -0.1) is 0 Å². The van der Waals surface area contributed by atoms with Crippen molar-refractivity contribution in [1.82, 2.24) is 0 Å². The van der Waals surface area contributed by atoms with Crippen LogP contribution < -0.4 is 10.5 Å². The summed E-state index contributed by atoms with van der Waals surface area (Å²) in [6.45, 7) is -0.00258. The normalized spacial score (nSPS) is 10.2. The zero-order valence-electron chi connectivity index (χ0n) is 11.2. The van der Waals surface area contributed by atoms with Crippen LogP contribution in [0.1, 0.15) is 15.9 Å². The van der Waals surface area contributed by atoms with Crippen LogP contribution in [0.4, 0.5) is 10.1 Å². The van der Waals surface area contributed by atoms with E-state index >= 15 is 0 Å². The first-order valence-corrected chi connectivity index (χ1v) is 6.85. The molecule has 0 heterocycles. The lowest BCUT2D eigenvalue weighted by Crippen LogP contribution is -2.09. The van der Waals surface area contributed by atoms with E-state index in [1.165, 1.54) is 19.2 Å². The third-order valence-corrected chi connectivity index (χ3v) is 3.33. The third kappa shape index (κ3) is 3.72. The molecule has 0 aliphatic heterocycles. The second-order valence-corrected chi connectivity index (χ2v) is 5.18. The minimum atomic E-state index is -0.686. The van der Waals surface area contributed by atoms with Crippen molar-refractivity contribution in [3.8, 4) is 5.75 Å². The van der Waals surface area contributed by atoms with Gasteiger partial charge in [0.15, 0.2) is 0 Å². The number of nitrogens with two attached hydrogens (primary N) is 1. The highest BCUT2D eigenvalue weighted by Crippen LogP contribution is 2.24. The zero-order chi connectivity index (χ0) is 15.4. The van der Waals surface area contributed by atoms with Gasteiger partial charge in [-0.25, -0.2) is 9.18 Å². The van der Waals surface area contributed by atoms with Crippen LogP contribution in [0.15, 0.2) is 40.9 Å². The molecule has 2 rings (SSSR count). The maximum Gasteiger partial charge on any atom is 0.340 e. The summed E-state index contributed by atoms with van der Waals surface area (Å²) in [7, 11) is 1.53. The van der Waals surface area contributed by atoms with E-state index in [1.54, 1.807) is 12.1 Å². The standard InChI is InChI=1S/C15H13BrFNO3/c1-20-14-5-2-10(16)6-9(14)8-21-15(19)12-7-11(17)3-4-13(12)18/h2-7H,8,18H2,1H3. The predicted molar refractivity (Wildman–Crippen MR) is 80.6 cm³/mol. The molecule has 0 radical (unpaired) electrons. The Morgan fingerprint density at radius 2 is 2.05 bits per heavy atom. The highest BCUT2D eigenvalue weighted by atomic mass is 79.9. The summed E-state index contributed by atoms with van der Waals surface area (Å²) in [4.78, 5) is 12.0. The predicted octanol–water partition coefficient (Wildman–Crippen LogP) is 3.54. The number of nitrogen functional groups attached to an aromatic ring is 1. The second-order valence-electron chi connectivity index (χ2n) is 4.26. The summed E-state index contributed by atoms with van der Waals surface area (Å²) >= 11 is 3.33. The maximum atomic E-state index is 13.2. The van der Waals surface area contributed by atoms with Crippen LogP contribution >= 0.6 is 15.9 Å². The number of hydrogen-bond acceptors (Lipinski definition) is 4. The fraction of sp³-hybridized carbons (Fsp3) is 0.133. The molecule has 0 saturated heterocycles. The largest absolute Gasteiger partial charge is 0.496 e. The molecule has 2 aromatic rings. The monoisotopic (exact) mass is 353 g/mol. The van der Waals surface area contributed by atoms with Gasteiger partial charge in [0.2, 0.25) is 0 Å². The number of ether oxygens (including phenoxy) is 2. The lowest BCUT2D eigenvalue weighted by Gasteiger charge is -2.10. The van der Waals surface area contributed by atoms with Crippen molar-refractivity contribution in [3.63, 3.8) is 0 Å². The van der Waals surface area contributed by atoms with Gasteiger partial charge in [0.1, 0.15) is 18.2 Å². The molecule has 110 valence electrons. The average Bonchev–Trinajstić information content (AvgIpc) is 2.47.